The highest BCUT2D eigenvalue weighted by atomic mass is 16.5. The van der Waals surface area contributed by atoms with Gasteiger partial charge in [-0.05, 0) is 60.3 Å². The van der Waals surface area contributed by atoms with E-state index in [1.54, 1.807) is 6.92 Å². The van der Waals surface area contributed by atoms with Gasteiger partial charge in [0.25, 0.3) is 0 Å². The van der Waals surface area contributed by atoms with Crippen molar-refractivity contribution in [3.63, 3.8) is 0 Å². The Kier molecular flexibility index (Phi) is 7.23. The van der Waals surface area contributed by atoms with Crippen LogP contribution in [-0.2, 0) is 21.6 Å². The van der Waals surface area contributed by atoms with Gasteiger partial charge in [-0.2, -0.15) is 0 Å². The van der Waals surface area contributed by atoms with Gasteiger partial charge in [-0.3, -0.25) is 9.69 Å². The maximum atomic E-state index is 11.6. The van der Waals surface area contributed by atoms with Crippen molar-refractivity contribution < 1.29 is 14.6 Å². The summed E-state index contributed by atoms with van der Waals surface area (Å²) in [4.78, 5) is 13.7. The van der Waals surface area contributed by atoms with Gasteiger partial charge in [-0.1, -0.05) is 76.2 Å². The minimum atomic E-state index is -0.787. The molecule has 0 bridgehead atoms. The van der Waals surface area contributed by atoms with Crippen molar-refractivity contribution in [2.24, 2.45) is 0 Å². The Morgan fingerprint density at radius 1 is 1.06 bits per heavy atom. The zero-order valence-corrected chi connectivity index (χ0v) is 19.6. The number of benzene rings is 2. The number of hydrogen-bond donors (Lipinski definition) is 1. The molecule has 0 aliphatic carbocycles. The van der Waals surface area contributed by atoms with Gasteiger partial charge >= 0.3 is 5.97 Å². The van der Waals surface area contributed by atoms with Gasteiger partial charge in [0.2, 0.25) is 0 Å². The molecule has 2 aromatic carbocycles. The highest BCUT2D eigenvalue weighted by Gasteiger charge is 2.42. The van der Waals surface area contributed by atoms with Crippen molar-refractivity contribution in [2.75, 3.05) is 6.54 Å². The highest BCUT2D eigenvalue weighted by molar-refractivity contribution is 5.73. The van der Waals surface area contributed by atoms with Crippen LogP contribution in [0.5, 0.6) is 0 Å². The second-order valence-electron chi connectivity index (χ2n) is 9.78. The van der Waals surface area contributed by atoms with Gasteiger partial charge < -0.3 is 9.84 Å². The number of nitrogens with zero attached hydrogens (tertiary/aromatic N) is 1. The van der Waals surface area contributed by atoms with Gasteiger partial charge in [0, 0.05) is 6.54 Å². The molecule has 31 heavy (non-hydrogen) atoms. The SMILES string of the molecule is CCC1(OCc2ccc(-c3ccc(C(C)(C)C)cc3)cc2)CCCCN1C(C)C(=O)O. The molecule has 0 aromatic heterocycles. The van der Waals surface area contributed by atoms with E-state index in [0.29, 0.717) is 6.61 Å². The number of hydrogen-bond acceptors (Lipinski definition) is 3. The third-order valence-electron chi connectivity index (χ3n) is 6.66. The first-order valence-corrected chi connectivity index (χ1v) is 11.5. The quantitative estimate of drug-likeness (QED) is 0.573. The molecule has 1 N–H and O–H groups in total. The van der Waals surface area contributed by atoms with Gasteiger partial charge in [-0.15, -0.1) is 0 Å². The molecule has 4 nitrogen and oxygen atoms in total. The topological polar surface area (TPSA) is 49.8 Å². The Labute approximate surface area is 187 Å². The molecule has 4 heteroatoms. The van der Waals surface area contributed by atoms with Crippen LogP contribution >= 0.6 is 0 Å². The lowest BCUT2D eigenvalue weighted by molar-refractivity contribution is -0.203. The van der Waals surface area contributed by atoms with Crippen molar-refractivity contribution in [2.45, 2.75) is 84.1 Å². The standard InChI is InChI=1S/C27H37NO3/c1-6-27(17-7-8-18-28(27)20(2)25(29)30)31-19-21-9-11-22(12-10-21)23-13-15-24(16-14-23)26(3,4)5/h9-16,20H,6-8,17-19H2,1-5H3,(H,29,30). The third-order valence-corrected chi connectivity index (χ3v) is 6.66. The lowest BCUT2D eigenvalue weighted by Crippen LogP contribution is -2.58. The zero-order chi connectivity index (χ0) is 22.6. The molecular formula is C27H37NO3. The summed E-state index contributed by atoms with van der Waals surface area (Å²) >= 11 is 0. The number of piperidine rings is 1. The van der Waals surface area contributed by atoms with E-state index in [1.165, 1.54) is 16.7 Å². The Balaban J connectivity index is 1.71. The van der Waals surface area contributed by atoms with Crippen molar-refractivity contribution in [1.82, 2.24) is 4.90 Å². The van der Waals surface area contributed by atoms with E-state index in [0.717, 1.165) is 37.8 Å². The molecule has 2 unspecified atom stereocenters. The van der Waals surface area contributed by atoms with Crippen molar-refractivity contribution >= 4 is 5.97 Å². The molecule has 2 atom stereocenters. The van der Waals surface area contributed by atoms with Gasteiger partial charge in [0.15, 0.2) is 0 Å². The molecule has 2 aromatic rings. The fourth-order valence-corrected chi connectivity index (χ4v) is 4.52. The smallest absolute Gasteiger partial charge is 0.320 e. The molecule has 0 radical (unpaired) electrons. The molecule has 0 spiro atoms. The first-order valence-electron chi connectivity index (χ1n) is 11.5. The van der Waals surface area contributed by atoms with Gasteiger partial charge in [0.05, 0.1) is 6.61 Å². The van der Waals surface area contributed by atoms with Gasteiger partial charge in [-0.25, -0.2) is 0 Å². The maximum absolute atomic E-state index is 11.6. The van der Waals surface area contributed by atoms with Crippen molar-refractivity contribution in [3.05, 3.63) is 59.7 Å². The number of carboxylic acids is 1. The predicted octanol–water partition coefficient (Wildman–Crippen LogP) is 6.23. The molecule has 0 saturated carbocycles. The van der Waals surface area contributed by atoms with E-state index in [-0.39, 0.29) is 5.41 Å². The van der Waals surface area contributed by atoms with Crippen LogP contribution in [0.25, 0.3) is 11.1 Å². The van der Waals surface area contributed by atoms with E-state index in [9.17, 15) is 9.90 Å². The van der Waals surface area contributed by atoms with Crippen molar-refractivity contribution in [3.8, 4) is 11.1 Å². The van der Waals surface area contributed by atoms with E-state index in [1.807, 2.05) is 4.90 Å². The minimum absolute atomic E-state index is 0.153. The average molecular weight is 424 g/mol. The number of likely N-dealkylation sites (tertiary alicyclic amines) is 1. The van der Waals surface area contributed by atoms with E-state index < -0.39 is 17.7 Å². The first kappa shape index (κ1) is 23.5. The number of carboxylic acid groups (broad SMARTS) is 1. The Bertz CT molecular complexity index is 867. The average Bonchev–Trinajstić information content (AvgIpc) is 2.77. The highest BCUT2D eigenvalue weighted by Crippen LogP contribution is 2.35. The lowest BCUT2D eigenvalue weighted by Gasteiger charge is -2.48. The van der Waals surface area contributed by atoms with Crippen LogP contribution < -0.4 is 0 Å². The van der Waals surface area contributed by atoms with Crippen LogP contribution in [0.15, 0.2) is 48.5 Å². The summed E-state index contributed by atoms with van der Waals surface area (Å²) in [5.74, 6) is -0.787. The number of ether oxygens (including phenoxy) is 1. The Morgan fingerprint density at radius 3 is 2.16 bits per heavy atom. The molecule has 1 saturated heterocycles. The lowest BCUT2D eigenvalue weighted by atomic mass is 9.86. The largest absolute Gasteiger partial charge is 0.480 e. The zero-order valence-electron chi connectivity index (χ0n) is 19.6. The van der Waals surface area contributed by atoms with Gasteiger partial charge in [0.1, 0.15) is 11.8 Å². The summed E-state index contributed by atoms with van der Waals surface area (Å²) in [6.07, 6.45) is 3.74. The maximum Gasteiger partial charge on any atom is 0.320 e. The van der Waals surface area contributed by atoms with Crippen LogP contribution in [0.2, 0.25) is 0 Å². The molecule has 3 rings (SSSR count). The molecule has 1 fully saturated rings. The monoisotopic (exact) mass is 423 g/mol. The number of aliphatic carboxylic acids is 1. The summed E-state index contributed by atoms with van der Waals surface area (Å²) in [7, 11) is 0. The third kappa shape index (κ3) is 5.36. The normalized spacial score (nSPS) is 21.1. The first-order chi connectivity index (χ1) is 14.7. The molecular weight excluding hydrogens is 386 g/mol. The molecule has 1 heterocycles. The van der Waals surface area contributed by atoms with Crippen LogP contribution in [0.3, 0.4) is 0 Å². The fourth-order valence-electron chi connectivity index (χ4n) is 4.52. The number of carbonyl (C=O) groups is 1. The summed E-state index contributed by atoms with van der Waals surface area (Å²) in [5.41, 5.74) is 4.49. The fraction of sp³-hybridized carbons (Fsp3) is 0.519. The number of rotatable bonds is 7. The summed E-state index contributed by atoms with van der Waals surface area (Å²) in [5, 5.41) is 9.55. The second-order valence-corrected chi connectivity index (χ2v) is 9.78. The molecule has 168 valence electrons. The van der Waals surface area contributed by atoms with Crippen molar-refractivity contribution in [1.29, 1.82) is 0 Å². The summed E-state index contributed by atoms with van der Waals surface area (Å²) in [6.45, 7) is 11.8. The predicted molar refractivity (Wildman–Crippen MR) is 126 cm³/mol. The van der Waals surface area contributed by atoms with Crippen LogP contribution in [0.1, 0.15) is 71.4 Å². The van der Waals surface area contributed by atoms with E-state index in [2.05, 4.69) is 76.2 Å². The van der Waals surface area contributed by atoms with Crippen LogP contribution in [0, 0.1) is 0 Å². The Morgan fingerprint density at radius 2 is 1.65 bits per heavy atom. The minimum Gasteiger partial charge on any atom is -0.480 e. The van der Waals surface area contributed by atoms with E-state index in [4.69, 9.17) is 4.74 Å². The second kappa shape index (κ2) is 9.54. The van der Waals surface area contributed by atoms with E-state index >= 15 is 0 Å². The summed E-state index contributed by atoms with van der Waals surface area (Å²) < 4.78 is 6.45. The molecule has 1 aliphatic rings. The molecule has 0 amide bonds. The molecule has 1 aliphatic heterocycles. The van der Waals surface area contributed by atoms with Crippen LogP contribution in [0.4, 0.5) is 0 Å². The summed E-state index contributed by atoms with van der Waals surface area (Å²) in [6, 6.07) is 16.8. The van der Waals surface area contributed by atoms with Crippen LogP contribution in [-0.4, -0.2) is 34.3 Å². The Hall–Kier alpha value is -2.17.